The maximum absolute atomic E-state index is 11.9. The average Bonchev–Trinajstić information content (AvgIpc) is 2.36. The number of amides is 1. The minimum atomic E-state index is 0.109. The van der Waals surface area contributed by atoms with E-state index in [2.05, 4.69) is 29.1 Å². The lowest BCUT2D eigenvalue weighted by molar-refractivity contribution is -0.123. The van der Waals surface area contributed by atoms with Crippen LogP contribution < -0.4 is 11.1 Å². The number of nitrogens with two attached hydrogens (primary N) is 1. The number of hydrogen-bond donors (Lipinski definition) is 2. The zero-order valence-electron chi connectivity index (χ0n) is 12.9. The van der Waals surface area contributed by atoms with Gasteiger partial charge in [-0.15, -0.1) is 0 Å². The minimum absolute atomic E-state index is 0.109. The average molecular weight is 270 g/mol. The van der Waals surface area contributed by atoms with E-state index in [-0.39, 0.29) is 18.0 Å². The summed E-state index contributed by atoms with van der Waals surface area (Å²) in [5.74, 6) is 0.109. The third-order valence-electron chi connectivity index (χ3n) is 3.94. The first-order valence-electron chi connectivity index (χ1n) is 7.41. The highest BCUT2D eigenvalue weighted by molar-refractivity contribution is 5.76. The van der Waals surface area contributed by atoms with Gasteiger partial charge in [-0.2, -0.15) is 0 Å². The molecule has 1 aliphatic rings. The molecular formula is C14H30N4O. The van der Waals surface area contributed by atoms with Crippen molar-refractivity contribution in [3.63, 3.8) is 0 Å². The first kappa shape index (κ1) is 16.4. The van der Waals surface area contributed by atoms with E-state index in [1.807, 2.05) is 13.8 Å². The Hall–Kier alpha value is -0.650. The van der Waals surface area contributed by atoms with Crippen molar-refractivity contribution >= 4 is 5.91 Å². The van der Waals surface area contributed by atoms with Gasteiger partial charge in [0.05, 0.1) is 0 Å². The summed E-state index contributed by atoms with van der Waals surface area (Å²) in [6.45, 7) is 9.81. The fraction of sp³-hybridized carbons (Fsp3) is 0.929. The van der Waals surface area contributed by atoms with Crippen molar-refractivity contribution < 1.29 is 4.79 Å². The molecule has 112 valence electrons. The standard InChI is InChI=1S/C14H30N4O/c1-5-12-10-18(7-6-17(12)4)13(9-15)8-14(19)16-11(2)3/h11-13H,5-10,15H2,1-4H3,(H,16,19). The Morgan fingerprint density at radius 1 is 1.42 bits per heavy atom. The second kappa shape index (κ2) is 7.82. The van der Waals surface area contributed by atoms with Crippen molar-refractivity contribution in [2.24, 2.45) is 5.73 Å². The maximum atomic E-state index is 11.9. The summed E-state index contributed by atoms with van der Waals surface area (Å²) < 4.78 is 0. The predicted molar refractivity (Wildman–Crippen MR) is 79.0 cm³/mol. The van der Waals surface area contributed by atoms with Gasteiger partial charge in [-0.1, -0.05) is 6.92 Å². The summed E-state index contributed by atoms with van der Waals surface area (Å²) in [7, 11) is 2.18. The topological polar surface area (TPSA) is 61.6 Å². The number of likely N-dealkylation sites (N-methyl/N-ethyl adjacent to an activating group) is 1. The van der Waals surface area contributed by atoms with Gasteiger partial charge in [0.1, 0.15) is 0 Å². The lowest BCUT2D eigenvalue weighted by atomic mass is 10.1. The van der Waals surface area contributed by atoms with Gasteiger partial charge < -0.3 is 16.0 Å². The van der Waals surface area contributed by atoms with Crippen molar-refractivity contribution in [1.29, 1.82) is 0 Å². The van der Waals surface area contributed by atoms with Crippen LogP contribution in [0.3, 0.4) is 0 Å². The summed E-state index contributed by atoms with van der Waals surface area (Å²) >= 11 is 0. The van der Waals surface area contributed by atoms with Crippen LogP contribution in [0.4, 0.5) is 0 Å². The van der Waals surface area contributed by atoms with Gasteiger partial charge in [-0.25, -0.2) is 0 Å². The van der Waals surface area contributed by atoms with Gasteiger partial charge in [0.15, 0.2) is 0 Å². The molecule has 1 aliphatic heterocycles. The van der Waals surface area contributed by atoms with Crippen molar-refractivity contribution in [3.8, 4) is 0 Å². The monoisotopic (exact) mass is 270 g/mol. The van der Waals surface area contributed by atoms with Crippen LogP contribution in [0.5, 0.6) is 0 Å². The highest BCUT2D eigenvalue weighted by Crippen LogP contribution is 2.14. The third kappa shape index (κ3) is 5.09. The smallest absolute Gasteiger partial charge is 0.221 e. The molecule has 0 bridgehead atoms. The third-order valence-corrected chi connectivity index (χ3v) is 3.94. The van der Waals surface area contributed by atoms with E-state index >= 15 is 0 Å². The van der Waals surface area contributed by atoms with Crippen LogP contribution in [-0.2, 0) is 4.79 Å². The summed E-state index contributed by atoms with van der Waals surface area (Å²) in [6.07, 6.45) is 1.65. The molecule has 0 aromatic rings. The summed E-state index contributed by atoms with van der Waals surface area (Å²) in [5, 5.41) is 2.95. The number of hydrogen-bond acceptors (Lipinski definition) is 4. The Morgan fingerprint density at radius 3 is 2.63 bits per heavy atom. The summed E-state index contributed by atoms with van der Waals surface area (Å²) in [6, 6.07) is 0.944. The molecule has 0 spiro atoms. The van der Waals surface area contributed by atoms with Crippen LogP contribution in [0, 0.1) is 0 Å². The van der Waals surface area contributed by atoms with E-state index in [0.717, 1.165) is 26.1 Å². The molecule has 3 N–H and O–H groups in total. The zero-order valence-corrected chi connectivity index (χ0v) is 12.9. The Labute approximate surface area is 117 Å². The quantitative estimate of drug-likeness (QED) is 0.726. The van der Waals surface area contributed by atoms with E-state index in [1.165, 1.54) is 0 Å². The van der Waals surface area contributed by atoms with Crippen molar-refractivity contribution in [2.75, 3.05) is 33.2 Å². The number of nitrogens with zero attached hydrogens (tertiary/aromatic N) is 2. The van der Waals surface area contributed by atoms with E-state index in [1.54, 1.807) is 0 Å². The van der Waals surface area contributed by atoms with E-state index in [0.29, 0.717) is 19.0 Å². The molecule has 1 heterocycles. The molecule has 5 heteroatoms. The minimum Gasteiger partial charge on any atom is -0.354 e. The van der Waals surface area contributed by atoms with Gasteiger partial charge in [-0.3, -0.25) is 9.69 Å². The molecule has 0 aromatic carbocycles. The molecular weight excluding hydrogens is 240 g/mol. The lowest BCUT2D eigenvalue weighted by Crippen LogP contribution is -2.56. The Balaban J connectivity index is 2.52. The zero-order chi connectivity index (χ0) is 14.4. The normalized spacial score (nSPS) is 23.6. The molecule has 0 radical (unpaired) electrons. The molecule has 1 fully saturated rings. The maximum Gasteiger partial charge on any atom is 0.221 e. The number of nitrogens with one attached hydrogen (secondary N) is 1. The lowest BCUT2D eigenvalue weighted by Gasteiger charge is -2.42. The van der Waals surface area contributed by atoms with Gasteiger partial charge >= 0.3 is 0 Å². The molecule has 5 nitrogen and oxygen atoms in total. The van der Waals surface area contributed by atoms with E-state index in [9.17, 15) is 4.79 Å². The summed E-state index contributed by atoms with van der Waals surface area (Å²) in [4.78, 5) is 16.7. The molecule has 1 saturated heterocycles. The molecule has 0 aromatic heterocycles. The molecule has 19 heavy (non-hydrogen) atoms. The highest BCUT2D eigenvalue weighted by Gasteiger charge is 2.28. The molecule has 2 unspecified atom stereocenters. The molecule has 0 aliphatic carbocycles. The second-order valence-electron chi connectivity index (χ2n) is 5.85. The van der Waals surface area contributed by atoms with Crippen molar-refractivity contribution in [1.82, 2.24) is 15.1 Å². The molecule has 2 atom stereocenters. The number of carbonyl (C=O) groups excluding carboxylic acids is 1. The first-order chi connectivity index (χ1) is 8.97. The van der Waals surface area contributed by atoms with E-state index < -0.39 is 0 Å². The Bertz CT molecular complexity index is 283. The van der Waals surface area contributed by atoms with Crippen molar-refractivity contribution in [2.45, 2.75) is 51.7 Å². The SMILES string of the molecule is CCC1CN(C(CN)CC(=O)NC(C)C)CCN1C. The van der Waals surface area contributed by atoms with E-state index in [4.69, 9.17) is 5.73 Å². The van der Waals surface area contributed by atoms with Gasteiger partial charge in [0.2, 0.25) is 5.91 Å². The van der Waals surface area contributed by atoms with Crippen molar-refractivity contribution in [3.05, 3.63) is 0 Å². The Kier molecular flexibility index (Phi) is 6.75. The fourth-order valence-electron chi connectivity index (χ4n) is 2.70. The molecule has 0 saturated carbocycles. The first-order valence-corrected chi connectivity index (χ1v) is 7.41. The van der Waals surface area contributed by atoms with Crippen LogP contribution in [0.25, 0.3) is 0 Å². The summed E-state index contributed by atoms with van der Waals surface area (Å²) in [5.41, 5.74) is 5.87. The highest BCUT2D eigenvalue weighted by atomic mass is 16.1. The van der Waals surface area contributed by atoms with Crippen LogP contribution in [0.2, 0.25) is 0 Å². The van der Waals surface area contributed by atoms with Crippen LogP contribution in [-0.4, -0.2) is 67.1 Å². The largest absolute Gasteiger partial charge is 0.354 e. The van der Waals surface area contributed by atoms with Crippen LogP contribution in [0.1, 0.15) is 33.6 Å². The van der Waals surface area contributed by atoms with Gasteiger partial charge in [0, 0.05) is 50.7 Å². The predicted octanol–water partition coefficient (Wildman–Crippen LogP) is 0.254. The van der Waals surface area contributed by atoms with Gasteiger partial charge in [0.25, 0.3) is 0 Å². The number of carbonyl (C=O) groups is 1. The molecule has 1 amide bonds. The number of rotatable bonds is 6. The second-order valence-corrected chi connectivity index (χ2v) is 5.85. The Morgan fingerprint density at radius 2 is 2.11 bits per heavy atom. The number of piperazine rings is 1. The fourth-order valence-corrected chi connectivity index (χ4v) is 2.70. The van der Waals surface area contributed by atoms with Crippen LogP contribution >= 0.6 is 0 Å². The van der Waals surface area contributed by atoms with Crippen LogP contribution in [0.15, 0.2) is 0 Å². The van der Waals surface area contributed by atoms with Gasteiger partial charge in [-0.05, 0) is 27.3 Å². The molecule has 1 rings (SSSR count).